The van der Waals surface area contributed by atoms with Gasteiger partial charge in [-0.15, -0.1) is 0 Å². The first-order valence-corrected chi connectivity index (χ1v) is 11.9. The Bertz CT molecular complexity index is 1020. The van der Waals surface area contributed by atoms with Crippen LogP contribution in [0.2, 0.25) is 0 Å². The van der Waals surface area contributed by atoms with Crippen molar-refractivity contribution in [3.63, 3.8) is 0 Å². The summed E-state index contributed by atoms with van der Waals surface area (Å²) in [7, 11) is -3.72. The van der Waals surface area contributed by atoms with Gasteiger partial charge in [-0.05, 0) is 68.0 Å². The van der Waals surface area contributed by atoms with Crippen LogP contribution in [0, 0.1) is 11.7 Å². The molecule has 0 aromatic heterocycles. The molecule has 0 heterocycles. The topological polar surface area (TPSA) is 106 Å². The van der Waals surface area contributed by atoms with Crippen molar-refractivity contribution in [1.29, 1.82) is 0 Å². The number of guanidine groups is 1. The van der Waals surface area contributed by atoms with E-state index in [9.17, 15) is 12.8 Å². The van der Waals surface area contributed by atoms with E-state index in [4.69, 9.17) is 9.88 Å². The fourth-order valence-electron chi connectivity index (χ4n) is 2.96. The summed E-state index contributed by atoms with van der Waals surface area (Å²) in [5.74, 6) is 1.05. The summed E-state index contributed by atoms with van der Waals surface area (Å²) in [6, 6.07) is 11.1. The summed E-state index contributed by atoms with van der Waals surface area (Å²) < 4.78 is 42.7. The Morgan fingerprint density at radius 2 is 1.97 bits per heavy atom. The Kier molecular flexibility index (Phi) is 7.50. The van der Waals surface area contributed by atoms with Gasteiger partial charge in [-0.2, -0.15) is 0 Å². The van der Waals surface area contributed by atoms with Crippen LogP contribution in [0.25, 0.3) is 0 Å². The molecule has 1 unspecified atom stereocenters. The number of sulfonamides is 1. The first kappa shape index (κ1) is 23.0. The van der Waals surface area contributed by atoms with E-state index in [2.05, 4.69) is 15.6 Å². The highest BCUT2D eigenvalue weighted by Crippen LogP contribution is 2.30. The van der Waals surface area contributed by atoms with E-state index in [0.717, 1.165) is 24.0 Å². The molecular weight excluding hydrogens is 419 g/mol. The van der Waals surface area contributed by atoms with Crippen LogP contribution in [0.5, 0.6) is 5.75 Å². The molecule has 0 aliphatic heterocycles. The molecule has 1 saturated carbocycles. The number of hydrogen-bond acceptors (Lipinski definition) is 4. The minimum absolute atomic E-state index is 0.0606. The van der Waals surface area contributed by atoms with Gasteiger partial charge in [0.15, 0.2) is 17.5 Å². The molecule has 1 aliphatic rings. The molecule has 7 nitrogen and oxygen atoms in total. The van der Waals surface area contributed by atoms with Crippen molar-refractivity contribution in [2.24, 2.45) is 16.0 Å². The Morgan fingerprint density at radius 3 is 2.55 bits per heavy atom. The number of halogens is 1. The lowest BCUT2D eigenvalue weighted by Crippen LogP contribution is -2.38. The third kappa shape index (κ3) is 6.93. The minimum atomic E-state index is -3.72. The molecule has 3 rings (SSSR count). The Hall–Kier alpha value is -2.65. The molecule has 9 heteroatoms. The van der Waals surface area contributed by atoms with Gasteiger partial charge in [0.1, 0.15) is 0 Å². The molecule has 168 valence electrons. The van der Waals surface area contributed by atoms with Crippen LogP contribution in [0.1, 0.15) is 43.9 Å². The van der Waals surface area contributed by atoms with Gasteiger partial charge < -0.3 is 15.4 Å². The Balaban J connectivity index is 1.63. The maximum absolute atomic E-state index is 14.4. The van der Waals surface area contributed by atoms with E-state index >= 15 is 0 Å². The van der Waals surface area contributed by atoms with Gasteiger partial charge in [0.05, 0.1) is 24.1 Å². The molecule has 2 aromatic carbocycles. The lowest BCUT2D eigenvalue weighted by molar-refractivity contribution is 0.285. The molecule has 1 atom stereocenters. The van der Waals surface area contributed by atoms with Gasteiger partial charge in [-0.1, -0.05) is 18.2 Å². The zero-order valence-corrected chi connectivity index (χ0v) is 18.6. The minimum Gasteiger partial charge on any atom is -0.490 e. The van der Waals surface area contributed by atoms with Gasteiger partial charge in [-0.25, -0.2) is 22.9 Å². The van der Waals surface area contributed by atoms with Gasteiger partial charge in [0.25, 0.3) is 0 Å². The van der Waals surface area contributed by atoms with Crippen molar-refractivity contribution < 1.29 is 17.5 Å². The quantitative estimate of drug-likeness (QED) is 0.404. The smallest absolute Gasteiger partial charge is 0.238 e. The number of hydrogen-bond donors (Lipinski definition) is 3. The first-order chi connectivity index (χ1) is 14.8. The maximum atomic E-state index is 14.4. The average molecular weight is 449 g/mol. The summed E-state index contributed by atoms with van der Waals surface area (Å²) >= 11 is 0. The highest BCUT2D eigenvalue weighted by atomic mass is 32.2. The second-order valence-corrected chi connectivity index (χ2v) is 9.26. The van der Waals surface area contributed by atoms with Crippen molar-refractivity contribution in [2.45, 2.75) is 44.2 Å². The number of primary sulfonamides is 1. The van der Waals surface area contributed by atoms with Gasteiger partial charge in [0.2, 0.25) is 10.0 Å². The number of benzene rings is 2. The number of ether oxygens (including phenoxy) is 1. The van der Waals surface area contributed by atoms with Gasteiger partial charge >= 0.3 is 0 Å². The molecule has 0 radical (unpaired) electrons. The van der Waals surface area contributed by atoms with Gasteiger partial charge in [-0.3, -0.25) is 0 Å². The lowest BCUT2D eigenvalue weighted by atomic mass is 10.1. The molecule has 1 aliphatic carbocycles. The van der Waals surface area contributed by atoms with Crippen molar-refractivity contribution in [2.75, 3.05) is 13.2 Å². The highest BCUT2D eigenvalue weighted by molar-refractivity contribution is 7.89. The number of rotatable bonds is 9. The molecule has 31 heavy (non-hydrogen) atoms. The number of nitrogens with one attached hydrogen (secondary N) is 2. The van der Waals surface area contributed by atoms with Gasteiger partial charge in [0, 0.05) is 6.54 Å². The van der Waals surface area contributed by atoms with Crippen LogP contribution < -0.4 is 20.5 Å². The summed E-state index contributed by atoms with van der Waals surface area (Å²) in [6.45, 7) is 5.45. The van der Waals surface area contributed by atoms with E-state index in [1.54, 1.807) is 18.2 Å². The predicted molar refractivity (Wildman–Crippen MR) is 119 cm³/mol. The SMILES string of the molecule is CCNC(=NCc1ccc(S(N)(=O)=O)cc1)NC(C)c1ccc(OCC2CC2)c(F)c1. The van der Waals surface area contributed by atoms with Crippen molar-refractivity contribution in [3.05, 3.63) is 59.4 Å². The Labute approximate surface area is 183 Å². The fourth-order valence-corrected chi connectivity index (χ4v) is 3.47. The van der Waals surface area contributed by atoms with E-state index < -0.39 is 10.0 Å². The first-order valence-electron chi connectivity index (χ1n) is 10.3. The normalized spacial score (nSPS) is 15.4. The Morgan fingerprint density at radius 1 is 1.26 bits per heavy atom. The third-order valence-electron chi connectivity index (χ3n) is 5.00. The molecular formula is C22H29FN4O3S. The maximum Gasteiger partial charge on any atom is 0.238 e. The number of nitrogens with two attached hydrogens (primary N) is 1. The largest absolute Gasteiger partial charge is 0.490 e. The second-order valence-electron chi connectivity index (χ2n) is 7.69. The summed E-state index contributed by atoms with van der Waals surface area (Å²) in [4.78, 5) is 4.59. The van der Waals surface area contributed by atoms with Crippen LogP contribution >= 0.6 is 0 Å². The second kappa shape index (κ2) is 10.1. The van der Waals surface area contributed by atoms with E-state index in [1.807, 2.05) is 19.9 Å². The molecule has 0 spiro atoms. The monoisotopic (exact) mass is 448 g/mol. The summed E-state index contributed by atoms with van der Waals surface area (Å²) in [5.41, 5.74) is 1.61. The van der Waals surface area contributed by atoms with Crippen LogP contribution in [0.15, 0.2) is 52.4 Å². The molecule has 0 amide bonds. The van der Waals surface area contributed by atoms with E-state index in [0.29, 0.717) is 31.6 Å². The molecule has 0 bridgehead atoms. The average Bonchev–Trinajstić information content (AvgIpc) is 3.55. The van der Waals surface area contributed by atoms with Crippen LogP contribution in [-0.4, -0.2) is 27.5 Å². The molecule has 1 fully saturated rings. The number of nitrogens with zero attached hydrogens (tertiary/aromatic N) is 1. The predicted octanol–water partition coefficient (Wildman–Crippen LogP) is 3.08. The third-order valence-corrected chi connectivity index (χ3v) is 5.93. The van der Waals surface area contributed by atoms with E-state index in [-0.39, 0.29) is 22.5 Å². The van der Waals surface area contributed by atoms with E-state index in [1.165, 1.54) is 18.2 Å². The zero-order valence-electron chi connectivity index (χ0n) is 17.8. The van der Waals surface area contributed by atoms with Crippen LogP contribution in [-0.2, 0) is 16.6 Å². The van der Waals surface area contributed by atoms with Crippen LogP contribution in [0.3, 0.4) is 0 Å². The fraction of sp³-hybridized carbons (Fsp3) is 0.409. The van der Waals surface area contributed by atoms with Crippen molar-refractivity contribution in [3.8, 4) is 5.75 Å². The number of aliphatic imine (C=N–C) groups is 1. The molecule has 0 saturated heterocycles. The van der Waals surface area contributed by atoms with Crippen molar-refractivity contribution >= 4 is 16.0 Å². The summed E-state index contributed by atoms with van der Waals surface area (Å²) in [6.07, 6.45) is 2.31. The zero-order chi connectivity index (χ0) is 22.4. The molecule has 2 aromatic rings. The summed E-state index contributed by atoms with van der Waals surface area (Å²) in [5, 5.41) is 11.5. The highest BCUT2D eigenvalue weighted by Gasteiger charge is 2.22. The standard InChI is InChI=1S/C22H29FN4O3S/c1-3-25-22(26-13-16-6-9-19(10-7-16)31(24,28)29)27-15(2)18-8-11-21(20(23)12-18)30-14-17-4-5-17/h6-12,15,17H,3-5,13-14H2,1-2H3,(H2,24,28,29)(H2,25,26,27). The van der Waals surface area contributed by atoms with Crippen molar-refractivity contribution in [1.82, 2.24) is 10.6 Å². The lowest BCUT2D eigenvalue weighted by Gasteiger charge is -2.19. The molecule has 4 N–H and O–H groups in total. The van der Waals surface area contributed by atoms with Crippen LogP contribution in [0.4, 0.5) is 4.39 Å².